The number of benzene rings is 3. The summed E-state index contributed by atoms with van der Waals surface area (Å²) in [5, 5.41) is 7.42. The molecular formula is C33H33N7O4. The third kappa shape index (κ3) is 7.57. The Bertz CT molecular complexity index is 1710. The molecule has 0 saturated heterocycles. The van der Waals surface area contributed by atoms with Crippen molar-refractivity contribution in [1.29, 1.82) is 0 Å². The first-order chi connectivity index (χ1) is 21.2. The smallest absolute Gasteiger partial charge is 0.408 e. The van der Waals surface area contributed by atoms with Crippen LogP contribution in [0.5, 0.6) is 0 Å². The van der Waals surface area contributed by atoms with Crippen LogP contribution >= 0.6 is 0 Å². The van der Waals surface area contributed by atoms with Crippen LogP contribution in [0.25, 0.3) is 28.2 Å². The highest BCUT2D eigenvalue weighted by Crippen LogP contribution is 2.28. The van der Waals surface area contributed by atoms with Crippen molar-refractivity contribution in [2.45, 2.75) is 38.8 Å². The number of hydrazine groups is 1. The third-order valence-electron chi connectivity index (χ3n) is 6.51. The minimum absolute atomic E-state index is 0.105. The summed E-state index contributed by atoms with van der Waals surface area (Å²) < 4.78 is 7.13. The Kier molecular flexibility index (Phi) is 8.85. The van der Waals surface area contributed by atoms with Crippen LogP contribution in [0, 0.1) is 0 Å². The first-order valence-electron chi connectivity index (χ1n) is 14.0. The zero-order valence-electron chi connectivity index (χ0n) is 24.6. The lowest BCUT2D eigenvalue weighted by molar-refractivity contribution is -0.124. The van der Waals surface area contributed by atoms with Crippen LogP contribution in [-0.4, -0.2) is 49.3 Å². The molecule has 44 heavy (non-hydrogen) atoms. The van der Waals surface area contributed by atoms with Gasteiger partial charge in [0.25, 0.3) is 11.8 Å². The van der Waals surface area contributed by atoms with Crippen molar-refractivity contribution < 1.29 is 19.1 Å². The van der Waals surface area contributed by atoms with Gasteiger partial charge in [-0.05, 0) is 51.1 Å². The summed E-state index contributed by atoms with van der Waals surface area (Å²) in [5.74, 6) is -1.16. The van der Waals surface area contributed by atoms with E-state index in [0.717, 1.165) is 28.2 Å². The number of ether oxygens (including phenoxy) is 1. The van der Waals surface area contributed by atoms with E-state index in [9.17, 15) is 14.4 Å². The van der Waals surface area contributed by atoms with Crippen molar-refractivity contribution in [2.75, 3.05) is 0 Å². The second-order valence-electron chi connectivity index (χ2n) is 11.0. The molecule has 0 bridgehead atoms. The molecule has 11 nitrogen and oxygen atoms in total. The maximum atomic E-state index is 13.0. The lowest BCUT2D eigenvalue weighted by Gasteiger charge is -2.23. The summed E-state index contributed by atoms with van der Waals surface area (Å²) in [7, 11) is 0. The van der Waals surface area contributed by atoms with E-state index in [-0.39, 0.29) is 6.42 Å². The molecule has 0 aliphatic rings. The van der Waals surface area contributed by atoms with Gasteiger partial charge in [0, 0.05) is 35.0 Å². The number of imidazole rings is 1. The second kappa shape index (κ2) is 13.1. The highest BCUT2D eigenvalue weighted by molar-refractivity contribution is 5.96. The molecule has 0 spiro atoms. The number of rotatable bonds is 8. The van der Waals surface area contributed by atoms with Crippen LogP contribution in [0.4, 0.5) is 4.79 Å². The van der Waals surface area contributed by atoms with Gasteiger partial charge in [-0.25, -0.2) is 14.5 Å². The van der Waals surface area contributed by atoms with Gasteiger partial charge in [-0.1, -0.05) is 60.7 Å². The maximum absolute atomic E-state index is 13.0. The topological polar surface area (TPSA) is 143 Å². The number of nitrogens with zero attached hydrogens (tertiary/aromatic N) is 3. The maximum Gasteiger partial charge on any atom is 0.408 e. The van der Waals surface area contributed by atoms with Crippen LogP contribution in [0.2, 0.25) is 0 Å². The van der Waals surface area contributed by atoms with Crippen molar-refractivity contribution in [1.82, 2.24) is 35.9 Å². The first-order valence-corrected chi connectivity index (χ1v) is 14.0. The normalized spacial score (nSPS) is 11.8. The summed E-state index contributed by atoms with van der Waals surface area (Å²) >= 11 is 0. The number of aromatic amines is 1. The molecule has 4 N–H and O–H groups in total. The average Bonchev–Trinajstić information content (AvgIpc) is 3.70. The van der Waals surface area contributed by atoms with Crippen LogP contribution in [0.3, 0.4) is 0 Å². The van der Waals surface area contributed by atoms with E-state index in [1.54, 1.807) is 51.2 Å². The molecule has 11 heteroatoms. The van der Waals surface area contributed by atoms with E-state index in [0.29, 0.717) is 11.3 Å². The van der Waals surface area contributed by atoms with Crippen molar-refractivity contribution in [3.8, 4) is 28.2 Å². The van der Waals surface area contributed by atoms with Crippen molar-refractivity contribution >= 4 is 17.9 Å². The lowest BCUT2D eigenvalue weighted by Crippen LogP contribution is -2.53. The Hall–Kier alpha value is -5.71. The summed E-state index contributed by atoms with van der Waals surface area (Å²) in [5.41, 5.74) is 9.47. The largest absolute Gasteiger partial charge is 0.444 e. The van der Waals surface area contributed by atoms with Crippen LogP contribution in [0.1, 0.15) is 36.8 Å². The molecule has 0 aliphatic carbocycles. The monoisotopic (exact) mass is 591 g/mol. The zero-order chi connectivity index (χ0) is 31.1. The molecule has 0 aliphatic heterocycles. The summed E-state index contributed by atoms with van der Waals surface area (Å²) in [4.78, 5) is 45.2. The van der Waals surface area contributed by atoms with E-state index < -0.39 is 29.6 Å². The van der Waals surface area contributed by atoms with Crippen molar-refractivity contribution in [3.63, 3.8) is 0 Å². The number of H-pyrrole nitrogens is 1. The highest BCUT2D eigenvalue weighted by Gasteiger charge is 2.26. The predicted octanol–water partition coefficient (Wildman–Crippen LogP) is 4.83. The number of amides is 3. The van der Waals surface area contributed by atoms with E-state index in [1.807, 2.05) is 71.4 Å². The molecule has 0 saturated carbocycles. The van der Waals surface area contributed by atoms with Crippen LogP contribution < -0.4 is 16.2 Å². The van der Waals surface area contributed by atoms with Gasteiger partial charge in [-0.3, -0.25) is 20.4 Å². The van der Waals surface area contributed by atoms with E-state index in [4.69, 9.17) is 9.84 Å². The quantitative estimate of drug-likeness (QED) is 0.191. The molecule has 2 heterocycles. The van der Waals surface area contributed by atoms with E-state index in [1.165, 1.54) is 6.33 Å². The molecule has 5 aromatic rings. The molecule has 0 fully saturated rings. The molecule has 5 rings (SSSR count). The van der Waals surface area contributed by atoms with Gasteiger partial charge in [0.05, 0.1) is 23.4 Å². The average molecular weight is 592 g/mol. The Balaban J connectivity index is 1.29. The van der Waals surface area contributed by atoms with Gasteiger partial charge in [-0.2, -0.15) is 5.10 Å². The fourth-order valence-corrected chi connectivity index (χ4v) is 4.45. The number of nitrogens with one attached hydrogen (secondary N) is 4. The lowest BCUT2D eigenvalue weighted by atomic mass is 10.1. The van der Waals surface area contributed by atoms with E-state index >= 15 is 0 Å². The minimum Gasteiger partial charge on any atom is -0.444 e. The van der Waals surface area contributed by atoms with Gasteiger partial charge >= 0.3 is 6.09 Å². The van der Waals surface area contributed by atoms with Crippen LogP contribution in [0.15, 0.2) is 104 Å². The molecule has 1 atom stereocenters. The molecule has 3 amide bonds. The molecule has 1 unspecified atom stereocenters. The fourth-order valence-electron chi connectivity index (χ4n) is 4.45. The van der Waals surface area contributed by atoms with Gasteiger partial charge in [-0.15, -0.1) is 0 Å². The number of hydrogen-bond donors (Lipinski definition) is 4. The Morgan fingerprint density at radius 2 is 1.55 bits per heavy atom. The predicted molar refractivity (Wildman–Crippen MR) is 165 cm³/mol. The van der Waals surface area contributed by atoms with Crippen LogP contribution in [-0.2, 0) is 16.0 Å². The SMILES string of the molecule is CC(C)(C)OC(=O)NC(Cc1cnc[nH]1)C(=O)NNC(=O)c1ccc(-n2nc(-c3ccccc3)cc2-c2ccccc2)cc1. The van der Waals surface area contributed by atoms with Crippen molar-refractivity contribution in [2.24, 2.45) is 0 Å². The number of carbonyl (C=O) groups is 3. The second-order valence-corrected chi connectivity index (χ2v) is 11.0. The van der Waals surface area contributed by atoms with Crippen molar-refractivity contribution in [3.05, 3.63) is 115 Å². The first kappa shape index (κ1) is 29.8. The number of aromatic nitrogens is 4. The zero-order valence-corrected chi connectivity index (χ0v) is 24.6. The molecule has 2 aromatic heterocycles. The highest BCUT2D eigenvalue weighted by atomic mass is 16.6. The summed E-state index contributed by atoms with van der Waals surface area (Å²) in [6, 6.07) is 27.7. The Morgan fingerprint density at radius 1 is 0.886 bits per heavy atom. The third-order valence-corrected chi connectivity index (χ3v) is 6.51. The Labute approximate surface area is 254 Å². The standard InChI is InChI=1S/C33H33N7O4/c1-33(2,3)44-32(43)36-28(18-25-20-34-21-35-25)31(42)38-37-30(41)24-14-16-26(17-15-24)40-29(23-12-8-5-9-13-23)19-27(39-40)22-10-6-4-7-11-22/h4-17,19-21,28H,18H2,1-3H3,(H,34,35)(H,36,43)(H,37,41)(H,38,42). The van der Waals surface area contributed by atoms with Gasteiger partial charge < -0.3 is 15.0 Å². The molecule has 224 valence electrons. The molecular weight excluding hydrogens is 558 g/mol. The van der Waals surface area contributed by atoms with Gasteiger partial charge in [0.1, 0.15) is 11.6 Å². The minimum atomic E-state index is -1.04. The number of alkyl carbamates (subject to hydrolysis) is 1. The number of hydrogen-bond acceptors (Lipinski definition) is 6. The van der Waals surface area contributed by atoms with E-state index in [2.05, 4.69) is 26.1 Å². The summed E-state index contributed by atoms with van der Waals surface area (Å²) in [6.07, 6.45) is 2.36. The molecule has 3 aromatic carbocycles. The summed E-state index contributed by atoms with van der Waals surface area (Å²) in [6.45, 7) is 5.16. The molecule has 0 radical (unpaired) electrons. The Morgan fingerprint density at radius 3 is 2.16 bits per heavy atom. The number of carbonyl (C=O) groups excluding carboxylic acids is 3. The van der Waals surface area contributed by atoms with Gasteiger partial charge in [0.15, 0.2) is 0 Å². The fraction of sp³-hybridized carbons (Fsp3) is 0.182. The van der Waals surface area contributed by atoms with Gasteiger partial charge in [0.2, 0.25) is 0 Å².